The molecule has 3 rings (SSSR count). The Labute approximate surface area is 259 Å². The van der Waals surface area contributed by atoms with Crippen molar-refractivity contribution in [2.75, 3.05) is 26.2 Å². The second-order valence-corrected chi connectivity index (χ2v) is 14.5. The molecule has 3 N–H and O–H groups in total. The fraction of sp³-hybridized carbons (Fsp3) is 0.639. The normalized spacial score (nSPS) is 16.3. The zero-order chi connectivity index (χ0) is 31.6. The number of benzene rings is 2. The minimum absolute atomic E-state index is 0.0818. The number of carbonyl (C=O) groups excluding carboxylic acids is 3. The van der Waals surface area contributed by atoms with Gasteiger partial charge in [0.15, 0.2) is 0 Å². The highest BCUT2D eigenvalue weighted by molar-refractivity contribution is 5.93. The Morgan fingerprint density at radius 3 is 2.26 bits per heavy atom. The first-order chi connectivity index (χ1) is 20.3. The molecule has 1 saturated heterocycles. The van der Waals surface area contributed by atoms with E-state index < -0.39 is 12.1 Å². The molecule has 1 fully saturated rings. The maximum absolute atomic E-state index is 13.8. The van der Waals surface area contributed by atoms with Crippen molar-refractivity contribution in [2.45, 2.75) is 99.1 Å². The van der Waals surface area contributed by atoms with E-state index in [2.05, 4.69) is 88.7 Å². The summed E-state index contributed by atoms with van der Waals surface area (Å²) in [5.41, 5.74) is 1.19. The van der Waals surface area contributed by atoms with E-state index in [1.54, 1.807) is 4.90 Å². The summed E-state index contributed by atoms with van der Waals surface area (Å²) >= 11 is 0. The van der Waals surface area contributed by atoms with Crippen LogP contribution in [-0.4, -0.2) is 60.9 Å². The van der Waals surface area contributed by atoms with E-state index >= 15 is 0 Å². The first-order valence-corrected chi connectivity index (χ1v) is 16.4. The van der Waals surface area contributed by atoms with E-state index in [1.165, 1.54) is 0 Å². The second-order valence-electron chi connectivity index (χ2n) is 14.5. The van der Waals surface area contributed by atoms with Gasteiger partial charge in [-0.05, 0) is 78.8 Å². The minimum Gasteiger partial charge on any atom is -0.354 e. The monoisotopic (exact) mass is 592 g/mol. The Morgan fingerprint density at radius 1 is 0.930 bits per heavy atom. The lowest BCUT2D eigenvalue weighted by Gasteiger charge is -2.31. The summed E-state index contributed by atoms with van der Waals surface area (Å²) in [5.74, 6) is 0.384. The largest absolute Gasteiger partial charge is 0.354 e. The van der Waals surface area contributed by atoms with Crippen LogP contribution in [0.5, 0.6) is 0 Å². The predicted molar refractivity (Wildman–Crippen MR) is 177 cm³/mol. The quantitative estimate of drug-likeness (QED) is 0.231. The van der Waals surface area contributed by atoms with E-state index in [0.29, 0.717) is 37.8 Å². The van der Waals surface area contributed by atoms with Gasteiger partial charge in [0.1, 0.15) is 12.1 Å². The molecule has 2 aromatic carbocycles. The maximum Gasteiger partial charge on any atom is 0.243 e. The van der Waals surface area contributed by atoms with E-state index in [0.717, 1.165) is 55.1 Å². The standard InChI is InChI=1S/C36H56N4O3/c1-25(2)20-30(21-26(3)4)35(43)40-19-10-14-32(40)34(42)39-31(33(41)38-18-11-17-37-24-36(5,6)7)23-27-15-16-28-12-8-9-13-29(28)22-27/h8-9,12-13,15-16,22,25-26,30-32,37H,10-11,14,17-21,23-24H2,1-7H3,(H,38,41)(H,39,42). The number of hydrogen-bond donors (Lipinski definition) is 3. The zero-order valence-electron chi connectivity index (χ0n) is 27.7. The Balaban J connectivity index is 1.71. The highest BCUT2D eigenvalue weighted by atomic mass is 16.2. The van der Waals surface area contributed by atoms with Crippen LogP contribution in [-0.2, 0) is 20.8 Å². The van der Waals surface area contributed by atoms with Crippen LogP contribution >= 0.6 is 0 Å². The van der Waals surface area contributed by atoms with Crippen molar-refractivity contribution in [1.29, 1.82) is 0 Å². The summed E-state index contributed by atoms with van der Waals surface area (Å²) in [7, 11) is 0. The molecule has 1 aliphatic rings. The van der Waals surface area contributed by atoms with Gasteiger partial charge in [0, 0.05) is 25.4 Å². The second kappa shape index (κ2) is 16.2. The van der Waals surface area contributed by atoms with Crippen molar-refractivity contribution >= 4 is 28.5 Å². The third-order valence-corrected chi connectivity index (χ3v) is 8.07. The fourth-order valence-corrected chi connectivity index (χ4v) is 6.06. The molecule has 7 nitrogen and oxygen atoms in total. The molecule has 1 aliphatic heterocycles. The summed E-state index contributed by atoms with van der Waals surface area (Å²) in [6, 6.07) is 13.0. The van der Waals surface area contributed by atoms with Gasteiger partial charge in [0.05, 0.1) is 0 Å². The van der Waals surface area contributed by atoms with Crippen LogP contribution in [0.25, 0.3) is 10.8 Å². The highest BCUT2D eigenvalue weighted by Gasteiger charge is 2.38. The van der Waals surface area contributed by atoms with Crippen molar-refractivity contribution in [3.63, 3.8) is 0 Å². The van der Waals surface area contributed by atoms with Crippen LogP contribution in [0.4, 0.5) is 0 Å². The van der Waals surface area contributed by atoms with Crippen LogP contribution < -0.4 is 16.0 Å². The maximum atomic E-state index is 13.8. The van der Waals surface area contributed by atoms with E-state index in [9.17, 15) is 14.4 Å². The lowest BCUT2D eigenvalue weighted by molar-refractivity contribution is -0.143. The number of hydrogen-bond acceptors (Lipinski definition) is 4. The average Bonchev–Trinajstić information content (AvgIpc) is 3.43. The molecule has 0 aliphatic carbocycles. The molecule has 0 radical (unpaired) electrons. The fourth-order valence-electron chi connectivity index (χ4n) is 6.06. The van der Waals surface area contributed by atoms with Crippen LogP contribution in [0, 0.1) is 23.2 Å². The van der Waals surface area contributed by atoms with Crippen molar-refractivity contribution < 1.29 is 14.4 Å². The van der Waals surface area contributed by atoms with Gasteiger partial charge in [-0.1, -0.05) is 90.9 Å². The molecule has 2 atom stereocenters. The highest BCUT2D eigenvalue weighted by Crippen LogP contribution is 2.27. The van der Waals surface area contributed by atoms with Gasteiger partial charge in [-0.2, -0.15) is 0 Å². The molecule has 43 heavy (non-hydrogen) atoms. The molecule has 2 aromatic rings. The van der Waals surface area contributed by atoms with Gasteiger partial charge in [-0.3, -0.25) is 14.4 Å². The van der Waals surface area contributed by atoms with Crippen LogP contribution in [0.2, 0.25) is 0 Å². The molecule has 0 spiro atoms. The topological polar surface area (TPSA) is 90.5 Å². The summed E-state index contributed by atoms with van der Waals surface area (Å²) in [6.45, 7) is 18.0. The van der Waals surface area contributed by atoms with Crippen molar-refractivity contribution in [2.24, 2.45) is 23.2 Å². The molecule has 3 amide bonds. The number of nitrogens with zero attached hydrogens (tertiary/aromatic N) is 1. The predicted octanol–water partition coefficient (Wildman–Crippen LogP) is 5.71. The average molecular weight is 593 g/mol. The SMILES string of the molecule is CC(C)CC(CC(C)C)C(=O)N1CCCC1C(=O)NC(Cc1ccc2ccccc2c1)C(=O)NCCCNCC(C)(C)C. The number of likely N-dealkylation sites (tertiary alicyclic amines) is 1. The number of amides is 3. The van der Waals surface area contributed by atoms with Gasteiger partial charge in [-0.15, -0.1) is 0 Å². The molecule has 1 heterocycles. The zero-order valence-corrected chi connectivity index (χ0v) is 27.7. The van der Waals surface area contributed by atoms with Crippen molar-refractivity contribution in [3.05, 3.63) is 48.0 Å². The molecular weight excluding hydrogens is 536 g/mol. The van der Waals surface area contributed by atoms with E-state index in [1.807, 2.05) is 18.2 Å². The molecular formula is C36H56N4O3. The van der Waals surface area contributed by atoms with Gasteiger partial charge in [-0.25, -0.2) is 0 Å². The lowest BCUT2D eigenvalue weighted by atomic mass is 9.88. The summed E-state index contributed by atoms with van der Waals surface area (Å²) in [4.78, 5) is 42.8. The van der Waals surface area contributed by atoms with E-state index in [4.69, 9.17) is 0 Å². The molecule has 7 heteroatoms. The van der Waals surface area contributed by atoms with Gasteiger partial charge in [0.25, 0.3) is 0 Å². The minimum atomic E-state index is -0.726. The number of nitrogens with one attached hydrogen (secondary N) is 3. The lowest BCUT2D eigenvalue weighted by Crippen LogP contribution is -2.54. The van der Waals surface area contributed by atoms with Crippen LogP contribution in [0.3, 0.4) is 0 Å². The first-order valence-electron chi connectivity index (χ1n) is 16.4. The van der Waals surface area contributed by atoms with Gasteiger partial charge >= 0.3 is 0 Å². The Bertz CT molecular complexity index is 1190. The Hall–Kier alpha value is -2.93. The number of fused-ring (bicyclic) bond motifs is 1. The van der Waals surface area contributed by atoms with Crippen molar-refractivity contribution in [1.82, 2.24) is 20.9 Å². The smallest absolute Gasteiger partial charge is 0.243 e. The number of carbonyl (C=O) groups is 3. The molecule has 0 aromatic heterocycles. The van der Waals surface area contributed by atoms with Crippen LogP contribution in [0.15, 0.2) is 42.5 Å². The van der Waals surface area contributed by atoms with Gasteiger partial charge in [0.2, 0.25) is 17.7 Å². The molecule has 0 saturated carbocycles. The first kappa shape index (κ1) is 34.6. The van der Waals surface area contributed by atoms with Gasteiger partial charge < -0.3 is 20.9 Å². The molecule has 2 unspecified atom stereocenters. The van der Waals surface area contributed by atoms with Crippen LogP contribution in [0.1, 0.15) is 86.1 Å². The third kappa shape index (κ3) is 11.3. The summed E-state index contributed by atoms with van der Waals surface area (Å²) in [5, 5.41) is 11.8. The van der Waals surface area contributed by atoms with E-state index in [-0.39, 0.29) is 29.1 Å². The molecule has 238 valence electrons. The summed E-state index contributed by atoms with van der Waals surface area (Å²) in [6.07, 6.45) is 4.24. The number of rotatable bonds is 15. The Kier molecular flexibility index (Phi) is 13.0. The van der Waals surface area contributed by atoms with Crippen molar-refractivity contribution in [3.8, 4) is 0 Å². The Morgan fingerprint density at radius 2 is 1.60 bits per heavy atom. The third-order valence-electron chi connectivity index (χ3n) is 8.07. The molecule has 0 bridgehead atoms. The summed E-state index contributed by atoms with van der Waals surface area (Å²) < 4.78 is 0.